The first kappa shape index (κ1) is 17.2. The van der Waals surface area contributed by atoms with Crippen LogP contribution in [0.4, 0.5) is 11.5 Å². The van der Waals surface area contributed by atoms with Crippen molar-refractivity contribution in [1.29, 1.82) is 0 Å². The van der Waals surface area contributed by atoms with E-state index in [-0.39, 0.29) is 19.0 Å². The summed E-state index contributed by atoms with van der Waals surface area (Å²) in [6, 6.07) is 15.2. The Balaban J connectivity index is 1.87. The molecule has 0 aliphatic carbocycles. The predicted molar refractivity (Wildman–Crippen MR) is 99.6 cm³/mol. The fourth-order valence-electron chi connectivity index (χ4n) is 2.43. The first-order valence-electron chi connectivity index (χ1n) is 8.11. The summed E-state index contributed by atoms with van der Waals surface area (Å²) in [5.74, 6) is 2.34. The van der Waals surface area contributed by atoms with E-state index >= 15 is 0 Å². The van der Waals surface area contributed by atoms with Gasteiger partial charge in [-0.1, -0.05) is 24.1 Å². The molecule has 0 aliphatic rings. The van der Waals surface area contributed by atoms with Crippen molar-refractivity contribution in [2.75, 3.05) is 11.9 Å². The van der Waals surface area contributed by atoms with Crippen LogP contribution in [0.2, 0.25) is 0 Å². The molecular formula is C20H17N3O3. The van der Waals surface area contributed by atoms with Crippen LogP contribution >= 0.6 is 0 Å². The molecule has 6 heteroatoms. The van der Waals surface area contributed by atoms with Gasteiger partial charge in [-0.2, -0.15) is 9.97 Å². The van der Waals surface area contributed by atoms with Gasteiger partial charge in [-0.25, -0.2) is 0 Å². The summed E-state index contributed by atoms with van der Waals surface area (Å²) >= 11 is 0. The molecule has 0 saturated carbocycles. The highest BCUT2D eigenvalue weighted by molar-refractivity contribution is 5.91. The number of aliphatic carboxylic acids is 1. The van der Waals surface area contributed by atoms with Gasteiger partial charge in [0.1, 0.15) is 5.82 Å². The van der Waals surface area contributed by atoms with Gasteiger partial charge in [-0.3, -0.25) is 4.79 Å². The van der Waals surface area contributed by atoms with Crippen LogP contribution in [0, 0.1) is 12.3 Å². The van der Waals surface area contributed by atoms with Gasteiger partial charge in [0, 0.05) is 23.1 Å². The lowest BCUT2D eigenvalue weighted by Crippen LogP contribution is -2.06. The van der Waals surface area contributed by atoms with Crippen molar-refractivity contribution >= 4 is 28.4 Å². The molecule has 0 amide bonds. The number of carboxylic acids is 1. The number of aromatic nitrogens is 2. The van der Waals surface area contributed by atoms with Crippen molar-refractivity contribution in [2.24, 2.45) is 0 Å². The molecule has 0 fully saturated rings. The lowest BCUT2D eigenvalue weighted by Gasteiger charge is -2.11. The smallest absolute Gasteiger partial charge is 0.318 e. The number of benzene rings is 2. The monoisotopic (exact) mass is 347 g/mol. The Bertz CT molecular complexity index is 979. The molecular weight excluding hydrogens is 330 g/mol. The van der Waals surface area contributed by atoms with E-state index in [0.717, 1.165) is 22.2 Å². The Kier molecular flexibility index (Phi) is 5.30. The summed E-state index contributed by atoms with van der Waals surface area (Å²) in [4.78, 5) is 19.4. The van der Waals surface area contributed by atoms with Crippen molar-refractivity contribution in [3.05, 3.63) is 54.1 Å². The minimum Gasteiger partial charge on any atom is -0.481 e. The first-order valence-corrected chi connectivity index (χ1v) is 8.11. The molecule has 1 aromatic heterocycles. The standard InChI is InChI=1S/C20H17N3O3/c1-2-14-7-5-8-15(13-14)21-19-16-9-3-4-10-17(16)22-20(23-19)26-12-6-11-18(24)25/h1,3-5,7-10,13H,6,11-12H2,(H,24,25)(H,21,22,23). The lowest BCUT2D eigenvalue weighted by molar-refractivity contribution is -0.137. The van der Waals surface area contributed by atoms with Crippen LogP contribution in [0.25, 0.3) is 10.9 Å². The molecule has 26 heavy (non-hydrogen) atoms. The van der Waals surface area contributed by atoms with Crippen molar-refractivity contribution in [3.8, 4) is 18.4 Å². The number of para-hydroxylation sites is 1. The molecule has 0 spiro atoms. The maximum absolute atomic E-state index is 10.6. The topological polar surface area (TPSA) is 84.3 Å². The number of rotatable bonds is 7. The van der Waals surface area contributed by atoms with Crippen molar-refractivity contribution < 1.29 is 14.6 Å². The Labute approximate surface area is 150 Å². The second-order valence-electron chi connectivity index (χ2n) is 5.57. The Morgan fingerprint density at radius 2 is 2.04 bits per heavy atom. The van der Waals surface area contributed by atoms with Gasteiger partial charge >= 0.3 is 12.0 Å². The summed E-state index contributed by atoms with van der Waals surface area (Å²) in [5, 5.41) is 12.8. The first-order chi connectivity index (χ1) is 12.7. The number of nitrogens with zero attached hydrogens (tertiary/aromatic N) is 2. The zero-order valence-electron chi connectivity index (χ0n) is 14.0. The highest BCUT2D eigenvalue weighted by Crippen LogP contribution is 2.26. The summed E-state index contributed by atoms with van der Waals surface area (Å²) < 4.78 is 5.53. The number of ether oxygens (including phenoxy) is 1. The molecule has 0 unspecified atom stereocenters. The molecule has 0 atom stereocenters. The molecule has 0 radical (unpaired) electrons. The number of carbonyl (C=O) groups is 1. The zero-order valence-corrected chi connectivity index (χ0v) is 14.0. The van der Waals surface area contributed by atoms with Gasteiger partial charge in [0.15, 0.2) is 0 Å². The summed E-state index contributed by atoms with van der Waals surface area (Å²) in [7, 11) is 0. The van der Waals surface area contributed by atoms with E-state index in [1.54, 1.807) is 0 Å². The summed E-state index contributed by atoms with van der Waals surface area (Å²) in [5.41, 5.74) is 2.30. The third-order valence-electron chi connectivity index (χ3n) is 3.64. The maximum Gasteiger partial charge on any atom is 0.318 e. The molecule has 2 N–H and O–H groups in total. The number of carboxylic acid groups (broad SMARTS) is 1. The van der Waals surface area contributed by atoms with Crippen molar-refractivity contribution in [3.63, 3.8) is 0 Å². The van der Waals surface area contributed by atoms with E-state index < -0.39 is 5.97 Å². The van der Waals surface area contributed by atoms with E-state index in [2.05, 4.69) is 21.2 Å². The van der Waals surface area contributed by atoms with Crippen LogP contribution in [0.3, 0.4) is 0 Å². The molecule has 2 aromatic carbocycles. The number of terminal acetylenes is 1. The van der Waals surface area contributed by atoms with Gasteiger partial charge in [0.05, 0.1) is 12.1 Å². The van der Waals surface area contributed by atoms with Crippen LogP contribution in [0.1, 0.15) is 18.4 Å². The average molecular weight is 347 g/mol. The van der Waals surface area contributed by atoms with Gasteiger partial charge in [-0.15, -0.1) is 6.42 Å². The number of hydrogen-bond acceptors (Lipinski definition) is 5. The minimum absolute atomic E-state index is 0.0393. The lowest BCUT2D eigenvalue weighted by atomic mass is 10.2. The Hall–Kier alpha value is -3.59. The third-order valence-corrected chi connectivity index (χ3v) is 3.64. The highest BCUT2D eigenvalue weighted by atomic mass is 16.5. The number of nitrogens with one attached hydrogen (secondary N) is 1. The van der Waals surface area contributed by atoms with Gasteiger partial charge < -0.3 is 15.2 Å². The van der Waals surface area contributed by atoms with E-state index in [1.165, 1.54) is 0 Å². The fraction of sp³-hybridized carbons (Fsp3) is 0.150. The van der Waals surface area contributed by atoms with Crippen LogP contribution < -0.4 is 10.1 Å². The van der Waals surface area contributed by atoms with Crippen LogP contribution in [0.15, 0.2) is 48.5 Å². The summed E-state index contributed by atoms with van der Waals surface area (Å²) in [6.45, 7) is 0.233. The largest absolute Gasteiger partial charge is 0.481 e. The van der Waals surface area contributed by atoms with E-state index in [4.69, 9.17) is 16.3 Å². The molecule has 0 aliphatic heterocycles. The van der Waals surface area contributed by atoms with Crippen LogP contribution in [0.5, 0.6) is 6.01 Å². The summed E-state index contributed by atoms with van der Waals surface area (Å²) in [6.07, 6.45) is 5.88. The molecule has 0 bridgehead atoms. The van der Waals surface area contributed by atoms with Gasteiger partial charge in [0.2, 0.25) is 0 Å². The number of anilines is 2. The van der Waals surface area contributed by atoms with Crippen molar-refractivity contribution in [1.82, 2.24) is 9.97 Å². The average Bonchev–Trinajstić information content (AvgIpc) is 2.65. The SMILES string of the molecule is C#Cc1cccc(Nc2nc(OCCCC(=O)O)nc3ccccc23)c1. The molecule has 0 saturated heterocycles. The van der Waals surface area contributed by atoms with Gasteiger partial charge in [-0.05, 0) is 36.8 Å². The molecule has 3 aromatic rings. The fourth-order valence-corrected chi connectivity index (χ4v) is 2.43. The second-order valence-corrected chi connectivity index (χ2v) is 5.57. The molecule has 130 valence electrons. The van der Waals surface area contributed by atoms with Gasteiger partial charge in [0.25, 0.3) is 0 Å². The second kappa shape index (κ2) is 7.99. The van der Waals surface area contributed by atoms with E-state index in [9.17, 15) is 4.79 Å². The molecule has 6 nitrogen and oxygen atoms in total. The predicted octanol–water partition coefficient (Wildman–Crippen LogP) is 3.60. The minimum atomic E-state index is -0.858. The quantitative estimate of drug-likeness (QED) is 0.502. The zero-order chi connectivity index (χ0) is 18.4. The van der Waals surface area contributed by atoms with E-state index in [0.29, 0.717) is 12.2 Å². The maximum atomic E-state index is 10.6. The normalized spacial score (nSPS) is 10.3. The molecule has 1 heterocycles. The third kappa shape index (κ3) is 4.28. The number of hydrogen-bond donors (Lipinski definition) is 2. The number of fused-ring (bicyclic) bond motifs is 1. The van der Waals surface area contributed by atoms with Crippen LogP contribution in [-0.4, -0.2) is 27.7 Å². The van der Waals surface area contributed by atoms with E-state index in [1.807, 2.05) is 48.5 Å². The Morgan fingerprint density at radius 1 is 1.19 bits per heavy atom. The van der Waals surface area contributed by atoms with Crippen molar-refractivity contribution in [2.45, 2.75) is 12.8 Å². The highest BCUT2D eigenvalue weighted by Gasteiger charge is 2.09. The Morgan fingerprint density at radius 3 is 2.85 bits per heavy atom. The molecule has 3 rings (SSSR count). The van der Waals surface area contributed by atoms with Crippen LogP contribution in [-0.2, 0) is 4.79 Å².